The molecule has 1 N–H and O–H groups in total. The highest BCUT2D eigenvalue weighted by Gasteiger charge is 2.42. The van der Waals surface area contributed by atoms with Gasteiger partial charge in [0.25, 0.3) is 0 Å². The highest BCUT2D eigenvalue weighted by atomic mass is 19.1. The molecule has 0 radical (unpaired) electrons. The number of hydrogen-bond acceptors (Lipinski definition) is 2. The normalized spacial score (nSPS) is 26.5. The van der Waals surface area contributed by atoms with E-state index >= 15 is 0 Å². The maximum absolute atomic E-state index is 13.6. The highest BCUT2D eigenvalue weighted by Crippen LogP contribution is 2.47. The quantitative estimate of drug-likeness (QED) is 0.879. The maximum Gasteiger partial charge on any atom is 0.317 e. The molecule has 23 heavy (non-hydrogen) atoms. The van der Waals surface area contributed by atoms with Crippen LogP contribution in [0.5, 0.6) is 0 Å². The second kappa shape index (κ2) is 5.48. The molecule has 2 heterocycles. The largest absolute Gasteiger partial charge is 0.341 e. The summed E-state index contributed by atoms with van der Waals surface area (Å²) in [5.74, 6) is 1.32. The molecule has 2 aliphatic rings. The molecule has 2 fully saturated rings. The van der Waals surface area contributed by atoms with E-state index in [0.717, 1.165) is 36.8 Å². The first-order valence-corrected chi connectivity index (χ1v) is 8.16. The summed E-state index contributed by atoms with van der Waals surface area (Å²) in [6.07, 6.45) is 3.95. The Labute approximate surface area is 134 Å². The van der Waals surface area contributed by atoms with Crippen LogP contribution in [0.4, 0.5) is 9.18 Å². The van der Waals surface area contributed by atoms with Crippen molar-refractivity contribution in [2.24, 2.45) is 11.8 Å². The van der Waals surface area contributed by atoms with Gasteiger partial charge in [0.05, 0.1) is 5.52 Å². The number of aromatic nitrogens is 1. The van der Waals surface area contributed by atoms with Crippen LogP contribution in [0.25, 0.3) is 10.9 Å². The van der Waals surface area contributed by atoms with Gasteiger partial charge in [0.2, 0.25) is 0 Å². The Kier molecular flexibility index (Phi) is 3.43. The Balaban J connectivity index is 1.58. The number of carbonyl (C=O) groups excluding carboxylic acids is 1. The Hall–Kier alpha value is -2.17. The summed E-state index contributed by atoms with van der Waals surface area (Å²) in [4.78, 5) is 18.0. The van der Waals surface area contributed by atoms with Crippen molar-refractivity contribution in [3.05, 3.63) is 41.8 Å². The fraction of sp³-hybridized carbons (Fsp3) is 0.444. The number of carbonyl (C=O) groups is 1. The van der Waals surface area contributed by atoms with E-state index in [1.54, 1.807) is 19.2 Å². The number of pyridine rings is 1. The second-order valence-electron chi connectivity index (χ2n) is 6.71. The molecule has 2 amide bonds. The summed E-state index contributed by atoms with van der Waals surface area (Å²) in [5.41, 5.74) is 2.06. The first-order valence-electron chi connectivity index (χ1n) is 8.16. The fourth-order valence-corrected chi connectivity index (χ4v) is 4.37. The number of likely N-dealkylation sites (tertiary alicyclic amines) is 1. The molecule has 1 aromatic carbocycles. The van der Waals surface area contributed by atoms with Gasteiger partial charge >= 0.3 is 6.03 Å². The van der Waals surface area contributed by atoms with Gasteiger partial charge in [-0.3, -0.25) is 4.98 Å². The van der Waals surface area contributed by atoms with Gasteiger partial charge in [0.1, 0.15) is 5.82 Å². The number of rotatable bonds is 1. The van der Waals surface area contributed by atoms with Crippen molar-refractivity contribution in [1.29, 1.82) is 0 Å². The van der Waals surface area contributed by atoms with Crippen LogP contribution in [0, 0.1) is 17.7 Å². The van der Waals surface area contributed by atoms with Crippen LogP contribution in [0.1, 0.15) is 24.3 Å². The van der Waals surface area contributed by atoms with Gasteiger partial charge in [-0.1, -0.05) is 0 Å². The summed E-state index contributed by atoms with van der Waals surface area (Å²) in [6.45, 7) is 1.66. The Morgan fingerprint density at radius 1 is 1.26 bits per heavy atom. The molecule has 2 unspecified atom stereocenters. The molecule has 1 aromatic heterocycles. The fourth-order valence-electron chi connectivity index (χ4n) is 4.37. The Bertz CT molecular complexity index is 749. The number of halogens is 1. The van der Waals surface area contributed by atoms with Crippen LogP contribution in [-0.2, 0) is 0 Å². The molecule has 4 nitrogen and oxygen atoms in total. The molecule has 1 saturated heterocycles. The lowest BCUT2D eigenvalue weighted by molar-refractivity contribution is 0.207. The third-order valence-electron chi connectivity index (χ3n) is 5.43. The number of nitrogens with one attached hydrogen (secondary N) is 1. The maximum atomic E-state index is 13.6. The zero-order valence-electron chi connectivity index (χ0n) is 13.1. The minimum Gasteiger partial charge on any atom is -0.341 e. The zero-order valence-corrected chi connectivity index (χ0v) is 13.1. The van der Waals surface area contributed by atoms with Crippen LogP contribution in [-0.4, -0.2) is 36.1 Å². The molecule has 4 rings (SSSR count). The minimum absolute atomic E-state index is 0.0207. The number of nitrogens with zero attached hydrogens (tertiary/aromatic N) is 2. The standard InChI is InChI=1S/C18H20FN3O/c1-20-18(23)22-9-12-6-11(7-13(12)10-22)15-4-5-21-17-3-2-14(19)8-16(15)17/h2-5,8,11-13H,6-7,9-10H2,1H3,(H,20,23)/t11?,12-,13?/m1/s1. The van der Waals surface area contributed by atoms with Crippen LogP contribution < -0.4 is 5.32 Å². The van der Waals surface area contributed by atoms with Crippen molar-refractivity contribution in [2.45, 2.75) is 18.8 Å². The molecule has 1 aliphatic heterocycles. The summed E-state index contributed by atoms with van der Waals surface area (Å²) < 4.78 is 13.6. The van der Waals surface area contributed by atoms with Crippen molar-refractivity contribution in [3.8, 4) is 0 Å². The number of urea groups is 1. The van der Waals surface area contributed by atoms with Crippen LogP contribution >= 0.6 is 0 Å². The molecule has 5 heteroatoms. The van der Waals surface area contributed by atoms with Crippen LogP contribution in [0.15, 0.2) is 30.5 Å². The van der Waals surface area contributed by atoms with Gasteiger partial charge in [-0.25, -0.2) is 9.18 Å². The third-order valence-corrected chi connectivity index (χ3v) is 5.43. The first-order chi connectivity index (χ1) is 11.2. The van der Waals surface area contributed by atoms with Gasteiger partial charge in [-0.2, -0.15) is 0 Å². The average Bonchev–Trinajstić information content (AvgIpc) is 3.12. The van der Waals surface area contributed by atoms with Gasteiger partial charge in [-0.15, -0.1) is 0 Å². The van der Waals surface area contributed by atoms with Crippen molar-refractivity contribution in [3.63, 3.8) is 0 Å². The monoisotopic (exact) mass is 313 g/mol. The van der Waals surface area contributed by atoms with Crippen molar-refractivity contribution in [1.82, 2.24) is 15.2 Å². The first kappa shape index (κ1) is 14.4. The summed E-state index contributed by atoms with van der Waals surface area (Å²) in [5, 5.41) is 3.64. The van der Waals surface area contributed by atoms with Crippen LogP contribution in [0.3, 0.4) is 0 Å². The molecule has 0 spiro atoms. The van der Waals surface area contributed by atoms with Crippen molar-refractivity contribution >= 4 is 16.9 Å². The molecule has 3 atom stereocenters. The molecule has 2 aromatic rings. The van der Waals surface area contributed by atoms with Gasteiger partial charge in [0, 0.05) is 31.7 Å². The van der Waals surface area contributed by atoms with E-state index in [1.165, 1.54) is 11.6 Å². The number of benzene rings is 1. The minimum atomic E-state index is -0.212. The van der Waals surface area contributed by atoms with Gasteiger partial charge in [-0.05, 0) is 60.4 Å². The molecule has 0 bridgehead atoms. The van der Waals surface area contributed by atoms with E-state index in [2.05, 4.69) is 10.3 Å². The number of amides is 2. The average molecular weight is 313 g/mol. The number of hydrogen-bond donors (Lipinski definition) is 1. The lowest BCUT2D eigenvalue weighted by Crippen LogP contribution is -2.36. The molecular formula is C18H20FN3O. The molecule has 1 saturated carbocycles. The zero-order chi connectivity index (χ0) is 16.0. The predicted octanol–water partition coefficient (Wildman–Crippen LogP) is 3.14. The SMILES string of the molecule is CNC(=O)N1CC2CC(c3ccnc4ccc(F)cc34)C[C@@H]2C1. The predicted molar refractivity (Wildman–Crippen MR) is 86.7 cm³/mol. The third kappa shape index (κ3) is 2.44. The Morgan fingerprint density at radius 3 is 2.70 bits per heavy atom. The van der Waals surface area contributed by atoms with Gasteiger partial charge in [0.15, 0.2) is 0 Å². The van der Waals surface area contributed by atoms with E-state index in [9.17, 15) is 9.18 Å². The summed E-state index contributed by atoms with van der Waals surface area (Å²) in [7, 11) is 1.68. The van der Waals surface area contributed by atoms with E-state index in [-0.39, 0.29) is 11.8 Å². The van der Waals surface area contributed by atoms with E-state index in [1.807, 2.05) is 17.2 Å². The van der Waals surface area contributed by atoms with E-state index in [4.69, 9.17) is 0 Å². The van der Waals surface area contributed by atoms with Crippen molar-refractivity contribution in [2.75, 3.05) is 20.1 Å². The summed E-state index contributed by atoms with van der Waals surface area (Å²) >= 11 is 0. The number of fused-ring (bicyclic) bond motifs is 2. The molecule has 1 aliphatic carbocycles. The molecular weight excluding hydrogens is 293 g/mol. The lowest BCUT2D eigenvalue weighted by Gasteiger charge is -2.19. The summed E-state index contributed by atoms with van der Waals surface area (Å²) in [6, 6.07) is 6.86. The topological polar surface area (TPSA) is 45.2 Å². The van der Waals surface area contributed by atoms with Crippen molar-refractivity contribution < 1.29 is 9.18 Å². The van der Waals surface area contributed by atoms with Gasteiger partial charge < -0.3 is 10.2 Å². The van der Waals surface area contributed by atoms with E-state index < -0.39 is 0 Å². The second-order valence-corrected chi connectivity index (χ2v) is 6.71. The Morgan fingerprint density at radius 2 is 2.00 bits per heavy atom. The highest BCUT2D eigenvalue weighted by molar-refractivity contribution is 5.82. The van der Waals surface area contributed by atoms with Crippen LogP contribution in [0.2, 0.25) is 0 Å². The lowest BCUT2D eigenvalue weighted by atomic mass is 9.93. The van der Waals surface area contributed by atoms with E-state index in [0.29, 0.717) is 17.8 Å². The smallest absolute Gasteiger partial charge is 0.317 e. The molecule has 120 valence electrons.